The van der Waals surface area contributed by atoms with Crippen molar-refractivity contribution in [2.75, 3.05) is 18.8 Å². The van der Waals surface area contributed by atoms with E-state index in [-0.39, 0.29) is 18.2 Å². The number of halogens is 1. The minimum absolute atomic E-state index is 0. The molecule has 1 rings (SSSR count). The first-order valence-electron chi connectivity index (χ1n) is 5.35. The van der Waals surface area contributed by atoms with Gasteiger partial charge in [-0.2, -0.15) is 0 Å². The fraction of sp³-hybridized carbons (Fsp3) is 1.00. The van der Waals surface area contributed by atoms with E-state index in [2.05, 4.69) is 10.0 Å². The second-order valence-electron chi connectivity index (χ2n) is 3.81. The van der Waals surface area contributed by atoms with Gasteiger partial charge in [0.1, 0.15) is 0 Å². The van der Waals surface area contributed by atoms with Crippen LogP contribution in [0.15, 0.2) is 0 Å². The monoisotopic (exact) mass is 256 g/mol. The predicted octanol–water partition coefficient (Wildman–Crippen LogP) is 0.880. The summed E-state index contributed by atoms with van der Waals surface area (Å²) in [5.74, 6) is 0.260. The molecular formula is C9H21ClN2O2S. The second-order valence-corrected chi connectivity index (χ2v) is 5.74. The molecule has 0 saturated carbocycles. The third kappa shape index (κ3) is 6.35. The SMILES string of the molecule is CCCCS(=O)(=O)NCC1CCCN1.Cl. The van der Waals surface area contributed by atoms with Crippen LogP contribution < -0.4 is 10.0 Å². The van der Waals surface area contributed by atoms with Crippen molar-refractivity contribution in [2.24, 2.45) is 0 Å². The van der Waals surface area contributed by atoms with Crippen molar-refractivity contribution in [3.05, 3.63) is 0 Å². The lowest BCUT2D eigenvalue weighted by Gasteiger charge is -2.11. The molecule has 0 aliphatic carbocycles. The number of nitrogens with one attached hydrogen (secondary N) is 2. The van der Waals surface area contributed by atoms with E-state index in [0.29, 0.717) is 12.6 Å². The molecule has 2 N–H and O–H groups in total. The quantitative estimate of drug-likeness (QED) is 0.742. The molecule has 1 fully saturated rings. The van der Waals surface area contributed by atoms with E-state index in [0.717, 1.165) is 32.2 Å². The topological polar surface area (TPSA) is 58.2 Å². The Balaban J connectivity index is 0.00000196. The van der Waals surface area contributed by atoms with Gasteiger partial charge in [-0.15, -0.1) is 12.4 Å². The summed E-state index contributed by atoms with van der Waals surface area (Å²) in [7, 11) is -3.02. The van der Waals surface area contributed by atoms with Crippen LogP contribution >= 0.6 is 12.4 Å². The van der Waals surface area contributed by atoms with Gasteiger partial charge in [0.05, 0.1) is 5.75 Å². The van der Waals surface area contributed by atoms with Crippen LogP contribution in [0, 0.1) is 0 Å². The van der Waals surface area contributed by atoms with Gasteiger partial charge in [0.25, 0.3) is 0 Å². The molecular weight excluding hydrogens is 236 g/mol. The maximum atomic E-state index is 11.4. The van der Waals surface area contributed by atoms with Crippen LogP contribution in [0.3, 0.4) is 0 Å². The Kier molecular flexibility index (Phi) is 7.52. The van der Waals surface area contributed by atoms with Crippen LogP contribution in [0.4, 0.5) is 0 Å². The van der Waals surface area contributed by atoms with Crippen molar-refractivity contribution in [1.82, 2.24) is 10.0 Å². The van der Waals surface area contributed by atoms with E-state index in [1.54, 1.807) is 0 Å². The Bertz CT molecular complexity index is 251. The van der Waals surface area contributed by atoms with Crippen LogP contribution in [-0.4, -0.2) is 33.3 Å². The first-order valence-corrected chi connectivity index (χ1v) is 7.00. The van der Waals surface area contributed by atoms with Crippen molar-refractivity contribution < 1.29 is 8.42 Å². The zero-order valence-corrected chi connectivity index (χ0v) is 10.8. The highest BCUT2D eigenvalue weighted by atomic mass is 35.5. The molecule has 0 aromatic rings. The fourth-order valence-corrected chi connectivity index (χ4v) is 2.83. The molecule has 1 saturated heterocycles. The molecule has 1 unspecified atom stereocenters. The minimum atomic E-state index is -3.02. The molecule has 1 aliphatic rings. The number of hydrogen-bond donors (Lipinski definition) is 2. The molecule has 15 heavy (non-hydrogen) atoms. The molecule has 0 bridgehead atoms. The molecule has 4 nitrogen and oxygen atoms in total. The van der Waals surface area contributed by atoms with Gasteiger partial charge in [-0.3, -0.25) is 0 Å². The standard InChI is InChI=1S/C9H20N2O2S.ClH/c1-2-3-7-14(12,13)11-8-9-5-4-6-10-9;/h9-11H,2-8H2,1H3;1H. The highest BCUT2D eigenvalue weighted by molar-refractivity contribution is 7.89. The number of unbranched alkanes of at least 4 members (excludes halogenated alkanes) is 1. The largest absolute Gasteiger partial charge is 0.313 e. The Labute approximate surface area is 98.7 Å². The van der Waals surface area contributed by atoms with Gasteiger partial charge in [0, 0.05) is 12.6 Å². The maximum absolute atomic E-state index is 11.4. The lowest BCUT2D eigenvalue weighted by molar-refractivity contribution is 0.549. The summed E-state index contributed by atoms with van der Waals surface area (Å²) < 4.78 is 25.5. The summed E-state index contributed by atoms with van der Waals surface area (Å²) >= 11 is 0. The highest BCUT2D eigenvalue weighted by Crippen LogP contribution is 2.04. The van der Waals surface area contributed by atoms with Crippen LogP contribution in [0.5, 0.6) is 0 Å². The minimum Gasteiger partial charge on any atom is -0.313 e. The highest BCUT2D eigenvalue weighted by Gasteiger charge is 2.16. The molecule has 92 valence electrons. The molecule has 1 aliphatic heterocycles. The third-order valence-electron chi connectivity index (χ3n) is 2.48. The van der Waals surface area contributed by atoms with Gasteiger partial charge in [-0.05, 0) is 25.8 Å². The third-order valence-corrected chi connectivity index (χ3v) is 3.91. The van der Waals surface area contributed by atoms with Crippen molar-refractivity contribution in [2.45, 2.75) is 38.6 Å². The Morgan fingerprint density at radius 1 is 1.47 bits per heavy atom. The van der Waals surface area contributed by atoms with E-state index in [9.17, 15) is 8.42 Å². The number of sulfonamides is 1. The summed E-state index contributed by atoms with van der Waals surface area (Å²) in [4.78, 5) is 0. The summed E-state index contributed by atoms with van der Waals surface area (Å²) in [6, 6.07) is 0.339. The normalized spacial score (nSPS) is 21.3. The molecule has 0 aromatic carbocycles. The maximum Gasteiger partial charge on any atom is 0.211 e. The molecule has 0 aromatic heterocycles. The molecule has 1 atom stereocenters. The summed E-state index contributed by atoms with van der Waals surface area (Å²) in [6.45, 7) is 3.56. The van der Waals surface area contributed by atoms with Crippen molar-refractivity contribution in [1.29, 1.82) is 0 Å². The Morgan fingerprint density at radius 2 is 2.20 bits per heavy atom. The van der Waals surface area contributed by atoms with Gasteiger partial charge < -0.3 is 5.32 Å². The van der Waals surface area contributed by atoms with Gasteiger partial charge in [0.15, 0.2) is 0 Å². The molecule has 0 spiro atoms. The van der Waals surface area contributed by atoms with Crippen LogP contribution in [0.1, 0.15) is 32.6 Å². The van der Waals surface area contributed by atoms with E-state index in [1.165, 1.54) is 0 Å². The first-order chi connectivity index (χ1) is 6.64. The average molecular weight is 257 g/mol. The zero-order valence-electron chi connectivity index (χ0n) is 9.16. The van der Waals surface area contributed by atoms with Crippen molar-refractivity contribution in [3.8, 4) is 0 Å². The average Bonchev–Trinajstić information content (AvgIpc) is 2.64. The molecule has 0 radical (unpaired) electrons. The predicted molar refractivity (Wildman–Crippen MR) is 65.0 cm³/mol. The van der Waals surface area contributed by atoms with E-state index < -0.39 is 10.0 Å². The van der Waals surface area contributed by atoms with Crippen molar-refractivity contribution >= 4 is 22.4 Å². The lowest BCUT2D eigenvalue weighted by Crippen LogP contribution is -2.38. The Hall–Kier alpha value is 0.160. The van der Waals surface area contributed by atoms with Gasteiger partial charge in [0.2, 0.25) is 10.0 Å². The van der Waals surface area contributed by atoms with Gasteiger partial charge >= 0.3 is 0 Å². The van der Waals surface area contributed by atoms with Crippen LogP contribution in [0.2, 0.25) is 0 Å². The van der Waals surface area contributed by atoms with E-state index in [1.807, 2.05) is 6.92 Å². The lowest BCUT2D eigenvalue weighted by atomic mass is 10.2. The smallest absolute Gasteiger partial charge is 0.211 e. The summed E-state index contributed by atoms with van der Waals surface area (Å²) in [6.07, 6.45) is 3.90. The first kappa shape index (κ1) is 15.2. The second kappa shape index (κ2) is 7.44. The van der Waals surface area contributed by atoms with E-state index in [4.69, 9.17) is 0 Å². The summed E-state index contributed by atoms with van der Waals surface area (Å²) in [5, 5.41) is 3.26. The van der Waals surface area contributed by atoms with Gasteiger partial charge in [-0.1, -0.05) is 13.3 Å². The van der Waals surface area contributed by atoms with Crippen molar-refractivity contribution in [3.63, 3.8) is 0 Å². The van der Waals surface area contributed by atoms with Crippen LogP contribution in [0.25, 0.3) is 0 Å². The molecule has 0 amide bonds. The van der Waals surface area contributed by atoms with Gasteiger partial charge in [-0.25, -0.2) is 13.1 Å². The Morgan fingerprint density at radius 3 is 2.73 bits per heavy atom. The number of hydrogen-bond acceptors (Lipinski definition) is 3. The van der Waals surface area contributed by atoms with E-state index >= 15 is 0 Å². The molecule has 6 heteroatoms. The molecule has 1 heterocycles. The zero-order chi connectivity index (χ0) is 10.4. The van der Waals surface area contributed by atoms with Crippen LogP contribution in [-0.2, 0) is 10.0 Å². The summed E-state index contributed by atoms with van der Waals surface area (Å²) in [5.41, 5.74) is 0. The fourth-order valence-electron chi connectivity index (χ4n) is 1.57. The number of rotatable bonds is 6.